The van der Waals surface area contributed by atoms with E-state index in [0.29, 0.717) is 17.5 Å². The van der Waals surface area contributed by atoms with Crippen molar-refractivity contribution < 1.29 is 9.21 Å². The lowest BCUT2D eigenvalue weighted by molar-refractivity contribution is -0.118. The van der Waals surface area contributed by atoms with Crippen molar-refractivity contribution in [3.05, 3.63) is 54.0 Å². The SMILES string of the molecule is Cc1occc1-c1nnc(SCC(=O)NCc2ccccc2)n1C. The van der Waals surface area contributed by atoms with Gasteiger partial charge in [0.2, 0.25) is 5.91 Å². The minimum absolute atomic E-state index is 0.0344. The zero-order chi connectivity index (χ0) is 16.9. The van der Waals surface area contributed by atoms with Gasteiger partial charge >= 0.3 is 0 Å². The highest BCUT2D eigenvalue weighted by Gasteiger charge is 2.15. The number of aryl methyl sites for hydroxylation is 1. The van der Waals surface area contributed by atoms with E-state index in [0.717, 1.165) is 22.7 Å². The van der Waals surface area contributed by atoms with Gasteiger partial charge in [-0.25, -0.2) is 0 Å². The summed E-state index contributed by atoms with van der Waals surface area (Å²) in [4.78, 5) is 12.0. The number of aromatic nitrogens is 3. The Kier molecular flexibility index (Phi) is 5.00. The molecule has 1 amide bonds. The van der Waals surface area contributed by atoms with E-state index in [1.54, 1.807) is 6.26 Å². The topological polar surface area (TPSA) is 72.9 Å². The molecule has 0 radical (unpaired) electrons. The maximum atomic E-state index is 12.0. The van der Waals surface area contributed by atoms with Crippen molar-refractivity contribution in [2.24, 2.45) is 7.05 Å². The van der Waals surface area contributed by atoms with Crippen molar-refractivity contribution in [3.63, 3.8) is 0 Å². The molecule has 24 heavy (non-hydrogen) atoms. The molecule has 0 atom stereocenters. The summed E-state index contributed by atoms with van der Waals surface area (Å²) in [5.74, 6) is 1.78. The van der Waals surface area contributed by atoms with Crippen LogP contribution in [-0.2, 0) is 18.4 Å². The largest absolute Gasteiger partial charge is 0.469 e. The lowest BCUT2D eigenvalue weighted by atomic mass is 10.2. The summed E-state index contributed by atoms with van der Waals surface area (Å²) in [6.07, 6.45) is 1.63. The molecule has 0 fully saturated rings. The second-order valence-electron chi connectivity index (χ2n) is 5.31. The van der Waals surface area contributed by atoms with Crippen LogP contribution in [0.2, 0.25) is 0 Å². The van der Waals surface area contributed by atoms with Crippen LogP contribution in [0, 0.1) is 6.92 Å². The number of rotatable bonds is 6. The van der Waals surface area contributed by atoms with Crippen molar-refractivity contribution >= 4 is 17.7 Å². The molecule has 1 aromatic carbocycles. The van der Waals surface area contributed by atoms with Crippen LogP contribution < -0.4 is 5.32 Å². The number of carbonyl (C=O) groups is 1. The number of amides is 1. The van der Waals surface area contributed by atoms with Gasteiger partial charge in [-0.05, 0) is 18.6 Å². The van der Waals surface area contributed by atoms with Gasteiger partial charge in [-0.3, -0.25) is 4.79 Å². The Bertz CT molecular complexity index is 826. The van der Waals surface area contributed by atoms with Crippen molar-refractivity contribution in [2.75, 3.05) is 5.75 Å². The summed E-state index contributed by atoms with van der Waals surface area (Å²) in [7, 11) is 1.88. The van der Waals surface area contributed by atoms with E-state index in [9.17, 15) is 4.79 Å². The summed E-state index contributed by atoms with van der Waals surface area (Å²) in [5.41, 5.74) is 1.98. The van der Waals surface area contributed by atoms with Crippen LogP contribution in [0.25, 0.3) is 11.4 Å². The highest BCUT2D eigenvalue weighted by Crippen LogP contribution is 2.25. The van der Waals surface area contributed by atoms with Gasteiger partial charge in [0.1, 0.15) is 5.76 Å². The number of furan rings is 1. The Morgan fingerprint density at radius 2 is 2.04 bits per heavy atom. The van der Waals surface area contributed by atoms with Gasteiger partial charge < -0.3 is 14.3 Å². The van der Waals surface area contributed by atoms with E-state index in [4.69, 9.17) is 4.42 Å². The van der Waals surface area contributed by atoms with E-state index in [1.165, 1.54) is 11.8 Å². The first-order valence-electron chi connectivity index (χ1n) is 7.52. The van der Waals surface area contributed by atoms with Crippen LogP contribution in [0.4, 0.5) is 0 Å². The Morgan fingerprint density at radius 3 is 2.75 bits per heavy atom. The van der Waals surface area contributed by atoms with Gasteiger partial charge in [0, 0.05) is 13.6 Å². The van der Waals surface area contributed by atoms with E-state index in [2.05, 4.69) is 15.5 Å². The first-order valence-corrected chi connectivity index (χ1v) is 8.51. The summed E-state index contributed by atoms with van der Waals surface area (Å²) in [6, 6.07) is 11.7. The molecule has 0 saturated heterocycles. The predicted octanol–water partition coefficient (Wildman–Crippen LogP) is 2.79. The first-order chi connectivity index (χ1) is 11.6. The minimum Gasteiger partial charge on any atom is -0.469 e. The summed E-state index contributed by atoms with van der Waals surface area (Å²) in [6.45, 7) is 2.41. The van der Waals surface area contributed by atoms with Crippen LogP contribution in [0.15, 0.2) is 52.2 Å². The zero-order valence-electron chi connectivity index (χ0n) is 13.5. The molecule has 0 unspecified atom stereocenters. The standard InChI is InChI=1S/C17H18N4O2S/c1-12-14(8-9-23-12)16-19-20-17(21(16)2)24-11-15(22)18-10-13-6-4-3-5-7-13/h3-9H,10-11H2,1-2H3,(H,18,22). The summed E-state index contributed by atoms with van der Waals surface area (Å²) < 4.78 is 7.17. The third-order valence-corrected chi connectivity index (χ3v) is 4.62. The van der Waals surface area contributed by atoms with Gasteiger partial charge in [-0.2, -0.15) is 0 Å². The third kappa shape index (κ3) is 3.68. The minimum atomic E-state index is -0.0344. The number of hydrogen-bond acceptors (Lipinski definition) is 5. The molecule has 0 saturated carbocycles. The Balaban J connectivity index is 1.56. The van der Waals surface area contributed by atoms with Crippen LogP contribution in [0.5, 0.6) is 0 Å². The fourth-order valence-electron chi connectivity index (χ4n) is 2.27. The number of hydrogen-bond donors (Lipinski definition) is 1. The number of thioether (sulfide) groups is 1. The number of nitrogens with zero attached hydrogens (tertiary/aromatic N) is 3. The molecular weight excluding hydrogens is 324 g/mol. The maximum absolute atomic E-state index is 12.0. The maximum Gasteiger partial charge on any atom is 0.230 e. The molecule has 3 rings (SSSR count). The molecule has 0 spiro atoms. The highest BCUT2D eigenvalue weighted by atomic mass is 32.2. The average Bonchev–Trinajstić information content (AvgIpc) is 3.17. The number of nitrogens with one attached hydrogen (secondary N) is 1. The van der Waals surface area contributed by atoms with Crippen LogP contribution in [-0.4, -0.2) is 26.4 Å². The lowest BCUT2D eigenvalue weighted by Crippen LogP contribution is -2.24. The third-order valence-electron chi connectivity index (χ3n) is 3.60. The second kappa shape index (κ2) is 7.35. The Morgan fingerprint density at radius 1 is 1.25 bits per heavy atom. The fraction of sp³-hybridized carbons (Fsp3) is 0.235. The molecular formula is C17H18N4O2S. The Hall–Kier alpha value is -2.54. The lowest BCUT2D eigenvalue weighted by Gasteiger charge is -2.05. The van der Waals surface area contributed by atoms with E-state index in [-0.39, 0.29) is 5.91 Å². The Labute approximate surface area is 144 Å². The molecule has 0 aliphatic rings. The number of benzene rings is 1. The van der Waals surface area contributed by atoms with E-state index < -0.39 is 0 Å². The highest BCUT2D eigenvalue weighted by molar-refractivity contribution is 7.99. The van der Waals surface area contributed by atoms with Crippen LogP contribution >= 0.6 is 11.8 Å². The first kappa shape index (κ1) is 16.3. The monoisotopic (exact) mass is 342 g/mol. The van der Waals surface area contributed by atoms with Crippen molar-refractivity contribution in [1.82, 2.24) is 20.1 Å². The van der Waals surface area contributed by atoms with Crippen molar-refractivity contribution in [1.29, 1.82) is 0 Å². The quantitative estimate of drug-likeness (QED) is 0.697. The average molecular weight is 342 g/mol. The molecule has 0 aliphatic carbocycles. The van der Waals surface area contributed by atoms with Crippen molar-refractivity contribution in [2.45, 2.75) is 18.6 Å². The molecule has 124 valence electrons. The van der Waals surface area contributed by atoms with Crippen LogP contribution in [0.1, 0.15) is 11.3 Å². The van der Waals surface area contributed by atoms with Gasteiger partial charge in [-0.1, -0.05) is 42.1 Å². The van der Waals surface area contributed by atoms with E-state index in [1.807, 2.05) is 54.9 Å². The van der Waals surface area contributed by atoms with E-state index >= 15 is 0 Å². The molecule has 0 aliphatic heterocycles. The van der Waals surface area contributed by atoms with Gasteiger partial charge in [0.05, 0.1) is 17.6 Å². The molecule has 1 N–H and O–H groups in total. The van der Waals surface area contributed by atoms with Gasteiger partial charge in [-0.15, -0.1) is 10.2 Å². The van der Waals surface area contributed by atoms with Crippen molar-refractivity contribution in [3.8, 4) is 11.4 Å². The molecule has 6 nitrogen and oxygen atoms in total. The predicted molar refractivity (Wildman–Crippen MR) is 92.5 cm³/mol. The van der Waals surface area contributed by atoms with Crippen LogP contribution in [0.3, 0.4) is 0 Å². The number of carbonyl (C=O) groups excluding carboxylic acids is 1. The molecule has 3 aromatic rings. The smallest absolute Gasteiger partial charge is 0.230 e. The fourth-order valence-corrected chi connectivity index (χ4v) is 3.01. The molecule has 0 bridgehead atoms. The van der Waals surface area contributed by atoms with Gasteiger partial charge in [0.15, 0.2) is 11.0 Å². The molecule has 2 heterocycles. The second-order valence-corrected chi connectivity index (χ2v) is 6.25. The molecule has 7 heteroatoms. The summed E-state index contributed by atoms with van der Waals surface area (Å²) in [5, 5.41) is 11.9. The van der Waals surface area contributed by atoms with Gasteiger partial charge in [0.25, 0.3) is 0 Å². The zero-order valence-corrected chi connectivity index (χ0v) is 14.3. The summed E-state index contributed by atoms with van der Waals surface area (Å²) >= 11 is 1.36. The normalized spacial score (nSPS) is 10.8. The molecule has 2 aromatic heterocycles.